The lowest BCUT2D eigenvalue weighted by atomic mass is 9.90. The number of non-ortho nitro benzene ring substituents is 1. The maximum absolute atomic E-state index is 10.9. The summed E-state index contributed by atoms with van der Waals surface area (Å²) in [5.74, 6) is 0.511. The fourth-order valence-corrected chi connectivity index (χ4v) is 3.79. The highest BCUT2D eigenvalue weighted by molar-refractivity contribution is 5.58. The van der Waals surface area contributed by atoms with Crippen LogP contribution in [0.15, 0.2) is 30.6 Å². The quantitative estimate of drug-likeness (QED) is 0.626. The van der Waals surface area contributed by atoms with Gasteiger partial charge in [0.05, 0.1) is 24.3 Å². The fourth-order valence-electron chi connectivity index (χ4n) is 3.79. The van der Waals surface area contributed by atoms with Gasteiger partial charge in [-0.1, -0.05) is 25.0 Å². The lowest BCUT2D eigenvalue weighted by molar-refractivity contribution is -0.384. The number of nitro groups is 1. The highest BCUT2D eigenvalue weighted by Gasteiger charge is 2.34. The lowest BCUT2D eigenvalue weighted by Gasteiger charge is -2.43. The molecule has 0 unspecified atom stereocenters. The predicted octanol–water partition coefficient (Wildman–Crippen LogP) is 2.45. The number of fused-ring (bicyclic) bond motifs is 1. The van der Waals surface area contributed by atoms with E-state index in [9.17, 15) is 10.1 Å². The molecule has 8 heteroatoms. The van der Waals surface area contributed by atoms with Gasteiger partial charge in [-0.2, -0.15) is 0 Å². The molecule has 0 radical (unpaired) electrons. The number of morpholine rings is 1. The maximum atomic E-state index is 10.9. The molecule has 2 aromatic rings. The van der Waals surface area contributed by atoms with Crippen LogP contribution in [0, 0.1) is 10.1 Å². The number of rotatable bonds is 4. The van der Waals surface area contributed by atoms with Gasteiger partial charge >= 0.3 is 0 Å². The number of nitrogens with zero attached hydrogens (tertiary/aromatic N) is 5. The first-order valence-electron chi connectivity index (χ1n) is 8.70. The summed E-state index contributed by atoms with van der Waals surface area (Å²) in [4.78, 5) is 17.3. The van der Waals surface area contributed by atoms with Gasteiger partial charge in [-0.05, 0) is 12.8 Å². The second-order valence-corrected chi connectivity index (χ2v) is 6.63. The lowest BCUT2D eigenvalue weighted by Crippen LogP contribution is -2.52. The normalized spacial score (nSPS) is 24.0. The Hall–Kier alpha value is -2.32. The van der Waals surface area contributed by atoms with E-state index in [0.29, 0.717) is 30.2 Å². The monoisotopic (exact) mass is 343 g/mol. The first kappa shape index (κ1) is 16.2. The van der Waals surface area contributed by atoms with Crippen LogP contribution < -0.4 is 0 Å². The Morgan fingerprint density at radius 1 is 1.32 bits per heavy atom. The molecule has 1 aromatic heterocycles. The van der Waals surface area contributed by atoms with Gasteiger partial charge in [0.2, 0.25) is 0 Å². The van der Waals surface area contributed by atoms with Crippen LogP contribution in [0.4, 0.5) is 5.69 Å². The topological polar surface area (TPSA) is 86.3 Å². The Morgan fingerprint density at radius 3 is 3.08 bits per heavy atom. The summed E-state index contributed by atoms with van der Waals surface area (Å²) >= 11 is 0. The molecule has 4 rings (SSSR count). The molecular formula is C17H21N5O3. The first-order chi connectivity index (χ1) is 12.2. The number of hydrogen-bond acceptors (Lipinski definition) is 6. The maximum Gasteiger partial charge on any atom is 0.270 e. The van der Waals surface area contributed by atoms with E-state index < -0.39 is 4.92 Å². The molecule has 0 N–H and O–H groups in total. The molecule has 1 aromatic carbocycles. The molecule has 25 heavy (non-hydrogen) atoms. The van der Waals surface area contributed by atoms with Crippen LogP contribution in [-0.2, 0) is 11.4 Å². The number of benzene rings is 1. The fraction of sp³-hybridized carbons (Fsp3) is 0.529. The number of aromatic nitrogens is 3. The predicted molar refractivity (Wildman–Crippen MR) is 90.8 cm³/mol. The van der Waals surface area contributed by atoms with Crippen molar-refractivity contribution >= 4 is 5.69 Å². The minimum atomic E-state index is -0.405. The average molecular weight is 343 g/mol. The van der Waals surface area contributed by atoms with E-state index in [-0.39, 0.29) is 5.69 Å². The van der Waals surface area contributed by atoms with Gasteiger partial charge in [0.1, 0.15) is 6.33 Å². The van der Waals surface area contributed by atoms with Gasteiger partial charge in [-0.3, -0.25) is 15.0 Å². The van der Waals surface area contributed by atoms with E-state index >= 15 is 0 Å². The smallest absolute Gasteiger partial charge is 0.270 e. The van der Waals surface area contributed by atoms with Crippen LogP contribution in [0.3, 0.4) is 0 Å². The standard InChI is InChI=1S/C17H21N5O3/c23-22(24)14-5-3-4-13(10-14)17-18-11-21(19-17)12-20-8-9-25-16-7-2-1-6-15(16)20/h3-5,10-11,15-16H,1-2,6-9,12H2/t15-,16-/m1/s1. The van der Waals surface area contributed by atoms with Crippen molar-refractivity contribution in [2.45, 2.75) is 44.5 Å². The minimum Gasteiger partial charge on any atom is -0.375 e. The van der Waals surface area contributed by atoms with Crippen LogP contribution in [0.2, 0.25) is 0 Å². The molecule has 0 amide bonds. The molecule has 2 atom stereocenters. The van der Waals surface area contributed by atoms with Crippen molar-refractivity contribution in [2.24, 2.45) is 0 Å². The summed E-state index contributed by atoms with van der Waals surface area (Å²) in [5.41, 5.74) is 0.706. The summed E-state index contributed by atoms with van der Waals surface area (Å²) in [6.45, 7) is 2.33. The molecule has 2 fully saturated rings. The van der Waals surface area contributed by atoms with E-state index in [1.807, 2.05) is 4.68 Å². The Balaban J connectivity index is 1.49. The van der Waals surface area contributed by atoms with Gasteiger partial charge in [-0.25, -0.2) is 9.67 Å². The molecule has 1 aliphatic heterocycles. The van der Waals surface area contributed by atoms with Crippen LogP contribution in [0.1, 0.15) is 25.7 Å². The van der Waals surface area contributed by atoms with Crippen molar-refractivity contribution in [3.8, 4) is 11.4 Å². The summed E-state index contributed by atoms with van der Waals surface area (Å²) in [5, 5.41) is 15.4. The highest BCUT2D eigenvalue weighted by atomic mass is 16.6. The van der Waals surface area contributed by atoms with E-state index in [0.717, 1.165) is 26.0 Å². The molecule has 1 aliphatic carbocycles. The van der Waals surface area contributed by atoms with Crippen molar-refractivity contribution in [1.29, 1.82) is 0 Å². The van der Waals surface area contributed by atoms with E-state index in [1.165, 1.54) is 25.0 Å². The third-order valence-electron chi connectivity index (χ3n) is 5.03. The van der Waals surface area contributed by atoms with Crippen LogP contribution in [0.5, 0.6) is 0 Å². The van der Waals surface area contributed by atoms with Crippen LogP contribution >= 0.6 is 0 Å². The van der Waals surface area contributed by atoms with Crippen LogP contribution in [0.25, 0.3) is 11.4 Å². The zero-order valence-corrected chi connectivity index (χ0v) is 14.0. The van der Waals surface area contributed by atoms with Crippen molar-refractivity contribution in [1.82, 2.24) is 19.7 Å². The van der Waals surface area contributed by atoms with Crippen molar-refractivity contribution in [3.63, 3.8) is 0 Å². The van der Waals surface area contributed by atoms with E-state index in [1.54, 1.807) is 18.5 Å². The number of hydrogen-bond donors (Lipinski definition) is 0. The average Bonchev–Trinajstić information content (AvgIpc) is 3.11. The van der Waals surface area contributed by atoms with Gasteiger partial charge in [0.15, 0.2) is 5.82 Å². The van der Waals surface area contributed by atoms with E-state index in [4.69, 9.17) is 4.74 Å². The first-order valence-corrected chi connectivity index (χ1v) is 8.70. The second kappa shape index (κ2) is 6.89. The minimum absolute atomic E-state index is 0.0482. The second-order valence-electron chi connectivity index (χ2n) is 6.63. The Morgan fingerprint density at radius 2 is 2.20 bits per heavy atom. The largest absolute Gasteiger partial charge is 0.375 e. The summed E-state index contributed by atoms with van der Waals surface area (Å²) in [6, 6.07) is 6.87. The summed E-state index contributed by atoms with van der Waals surface area (Å²) in [6.07, 6.45) is 6.82. The number of nitro benzene ring substituents is 1. The van der Waals surface area contributed by atoms with Gasteiger partial charge in [0, 0.05) is 30.3 Å². The van der Waals surface area contributed by atoms with Gasteiger partial charge in [-0.15, -0.1) is 5.10 Å². The molecule has 1 saturated carbocycles. The zero-order chi connectivity index (χ0) is 17.2. The Bertz CT molecular complexity index is 760. The van der Waals surface area contributed by atoms with Crippen molar-refractivity contribution < 1.29 is 9.66 Å². The summed E-state index contributed by atoms with van der Waals surface area (Å²) in [7, 11) is 0. The highest BCUT2D eigenvalue weighted by Crippen LogP contribution is 2.28. The van der Waals surface area contributed by atoms with Gasteiger partial charge < -0.3 is 4.74 Å². The van der Waals surface area contributed by atoms with Crippen LogP contribution in [-0.4, -0.2) is 49.9 Å². The SMILES string of the molecule is O=[N+]([O-])c1cccc(-c2ncn(CN3CCO[C@@H]4CCCC[C@H]43)n2)c1. The van der Waals surface area contributed by atoms with Crippen molar-refractivity contribution in [3.05, 3.63) is 40.7 Å². The molecular weight excluding hydrogens is 322 g/mol. The third kappa shape index (κ3) is 3.40. The molecule has 1 saturated heterocycles. The number of ether oxygens (including phenoxy) is 1. The molecule has 2 aliphatic rings. The molecule has 0 spiro atoms. The Kier molecular flexibility index (Phi) is 4.46. The zero-order valence-electron chi connectivity index (χ0n) is 14.0. The molecule has 132 valence electrons. The molecule has 0 bridgehead atoms. The third-order valence-corrected chi connectivity index (χ3v) is 5.03. The molecule has 2 heterocycles. The Labute approximate surface area is 145 Å². The molecule has 8 nitrogen and oxygen atoms in total. The van der Waals surface area contributed by atoms with E-state index in [2.05, 4.69) is 15.0 Å². The van der Waals surface area contributed by atoms with Gasteiger partial charge in [0.25, 0.3) is 5.69 Å². The summed E-state index contributed by atoms with van der Waals surface area (Å²) < 4.78 is 7.72. The van der Waals surface area contributed by atoms with Crippen molar-refractivity contribution in [2.75, 3.05) is 13.2 Å².